The van der Waals surface area contributed by atoms with Crippen LogP contribution in [0.4, 0.5) is 13.2 Å². The quantitative estimate of drug-likeness (QED) is 0.898. The van der Waals surface area contributed by atoms with Crippen LogP contribution in [0.1, 0.15) is 20.9 Å². The van der Waals surface area contributed by atoms with Gasteiger partial charge in [0.25, 0.3) is 5.91 Å². The third kappa shape index (κ3) is 3.57. The molecule has 0 saturated heterocycles. The second kappa shape index (κ2) is 5.92. The highest BCUT2D eigenvalue weighted by Gasteiger charge is 2.32. The molecule has 0 aliphatic carbocycles. The molecule has 0 aromatic carbocycles. The smallest absolute Gasteiger partial charge is 0.347 e. The van der Waals surface area contributed by atoms with Gasteiger partial charge in [-0.1, -0.05) is 0 Å². The molecule has 0 bridgehead atoms. The van der Waals surface area contributed by atoms with Crippen LogP contribution >= 0.6 is 27.3 Å². The van der Waals surface area contributed by atoms with Crippen LogP contribution in [0.2, 0.25) is 0 Å². The molecule has 106 valence electrons. The Kier molecular flexibility index (Phi) is 4.44. The van der Waals surface area contributed by atoms with Crippen molar-refractivity contribution in [2.45, 2.75) is 12.7 Å². The van der Waals surface area contributed by atoms with E-state index in [1.807, 2.05) is 11.4 Å². The average Bonchev–Trinajstić information content (AvgIpc) is 2.81. The number of carbonyl (C=O) groups is 1. The first-order valence-corrected chi connectivity index (χ1v) is 7.08. The van der Waals surface area contributed by atoms with E-state index in [0.29, 0.717) is 6.54 Å². The molecular weight excluding hydrogens is 357 g/mol. The molecule has 2 aromatic heterocycles. The van der Waals surface area contributed by atoms with Gasteiger partial charge in [-0.05, 0) is 39.5 Å². The van der Waals surface area contributed by atoms with Crippen molar-refractivity contribution in [3.05, 3.63) is 50.4 Å². The number of aromatic nitrogens is 1. The molecule has 8 heteroatoms. The number of carbonyl (C=O) groups excluding carboxylic acids is 1. The van der Waals surface area contributed by atoms with Gasteiger partial charge >= 0.3 is 6.18 Å². The molecule has 1 amide bonds. The van der Waals surface area contributed by atoms with Crippen molar-refractivity contribution in [2.24, 2.45) is 0 Å². The van der Waals surface area contributed by atoms with E-state index in [4.69, 9.17) is 0 Å². The van der Waals surface area contributed by atoms with Crippen molar-refractivity contribution in [3.63, 3.8) is 0 Å². The lowest BCUT2D eigenvalue weighted by atomic mass is 10.2. The Labute approximate surface area is 125 Å². The second-order valence-electron chi connectivity index (χ2n) is 3.80. The van der Waals surface area contributed by atoms with Crippen molar-refractivity contribution < 1.29 is 18.0 Å². The minimum absolute atomic E-state index is 0.0886. The molecule has 0 aliphatic heterocycles. The lowest BCUT2D eigenvalue weighted by molar-refractivity contribution is -0.141. The number of halogens is 4. The van der Waals surface area contributed by atoms with Crippen molar-refractivity contribution in [3.8, 4) is 0 Å². The first-order chi connectivity index (χ1) is 9.38. The van der Waals surface area contributed by atoms with Gasteiger partial charge in [0.15, 0.2) is 0 Å². The van der Waals surface area contributed by atoms with Gasteiger partial charge in [0, 0.05) is 15.5 Å². The predicted molar refractivity (Wildman–Crippen MR) is 72.4 cm³/mol. The minimum Gasteiger partial charge on any atom is -0.347 e. The summed E-state index contributed by atoms with van der Waals surface area (Å²) in [5, 5.41) is 4.49. The highest BCUT2D eigenvalue weighted by molar-refractivity contribution is 9.10. The van der Waals surface area contributed by atoms with Crippen molar-refractivity contribution in [1.82, 2.24) is 10.3 Å². The van der Waals surface area contributed by atoms with Crippen LogP contribution in [0, 0.1) is 0 Å². The lowest BCUT2D eigenvalue weighted by Crippen LogP contribution is -2.23. The Morgan fingerprint density at radius 1 is 1.35 bits per heavy atom. The fourth-order valence-corrected chi connectivity index (χ4v) is 2.84. The summed E-state index contributed by atoms with van der Waals surface area (Å²) < 4.78 is 37.9. The van der Waals surface area contributed by atoms with Gasteiger partial charge in [0.05, 0.1) is 12.1 Å². The Hall–Kier alpha value is -1.41. The first kappa shape index (κ1) is 15.0. The summed E-state index contributed by atoms with van der Waals surface area (Å²) in [6.45, 7) is 0.304. The zero-order chi connectivity index (χ0) is 14.8. The Balaban J connectivity index is 2.01. The van der Waals surface area contributed by atoms with Crippen LogP contribution in [0.5, 0.6) is 0 Å². The molecule has 0 atom stereocenters. The summed E-state index contributed by atoms with van der Waals surface area (Å²) in [6, 6.07) is 3.75. The highest BCUT2D eigenvalue weighted by Crippen LogP contribution is 2.27. The van der Waals surface area contributed by atoms with Crippen molar-refractivity contribution >= 4 is 33.2 Å². The summed E-state index contributed by atoms with van der Waals surface area (Å²) in [5.74, 6) is -0.466. The number of hydrogen-bond donors (Lipinski definition) is 1. The molecule has 0 unspecified atom stereocenters. The number of nitrogens with zero attached hydrogens (tertiary/aromatic N) is 1. The van der Waals surface area contributed by atoms with Gasteiger partial charge in [-0.3, -0.25) is 9.78 Å². The maximum Gasteiger partial charge on any atom is 0.433 e. The summed E-state index contributed by atoms with van der Waals surface area (Å²) in [7, 11) is 0. The molecule has 0 radical (unpaired) electrons. The van der Waals surface area contributed by atoms with Crippen LogP contribution in [-0.2, 0) is 12.7 Å². The summed E-state index contributed by atoms with van der Waals surface area (Å²) >= 11 is 4.79. The van der Waals surface area contributed by atoms with E-state index in [1.54, 1.807) is 0 Å². The lowest BCUT2D eigenvalue weighted by Gasteiger charge is -2.07. The molecule has 0 aliphatic rings. The number of rotatable bonds is 3. The molecule has 0 fully saturated rings. The van der Waals surface area contributed by atoms with Gasteiger partial charge in [-0.2, -0.15) is 13.2 Å². The monoisotopic (exact) mass is 364 g/mol. The van der Waals surface area contributed by atoms with Gasteiger partial charge < -0.3 is 5.32 Å². The molecular formula is C12H8BrF3N2OS. The molecule has 2 rings (SSSR count). The number of pyridine rings is 1. The van der Waals surface area contributed by atoms with E-state index < -0.39 is 17.8 Å². The molecule has 1 N–H and O–H groups in total. The molecule has 2 heterocycles. The van der Waals surface area contributed by atoms with Crippen molar-refractivity contribution in [1.29, 1.82) is 0 Å². The fourth-order valence-electron chi connectivity index (χ4n) is 1.41. The standard InChI is InChI=1S/C12H8BrF3N2OS/c13-8-3-4-20-9(8)6-18-11(19)7-1-2-10(17-5-7)12(14,15)16/h1-5H,6H2,(H,18,19). The first-order valence-electron chi connectivity index (χ1n) is 5.41. The van der Waals surface area contributed by atoms with E-state index in [-0.39, 0.29) is 5.56 Å². The Bertz CT molecular complexity index is 610. The molecule has 20 heavy (non-hydrogen) atoms. The zero-order valence-corrected chi connectivity index (χ0v) is 12.3. The van der Waals surface area contributed by atoms with E-state index in [0.717, 1.165) is 27.7 Å². The van der Waals surface area contributed by atoms with Crippen LogP contribution in [0.3, 0.4) is 0 Å². The maximum atomic E-state index is 12.3. The van der Waals surface area contributed by atoms with Crippen LogP contribution in [0.25, 0.3) is 0 Å². The fraction of sp³-hybridized carbons (Fsp3) is 0.167. The van der Waals surface area contributed by atoms with Gasteiger partial charge in [-0.25, -0.2) is 0 Å². The predicted octanol–water partition coefficient (Wildman–Crippen LogP) is 3.85. The summed E-state index contributed by atoms with van der Waals surface area (Å²) in [4.78, 5) is 15.9. The number of hydrogen-bond acceptors (Lipinski definition) is 3. The number of alkyl halides is 3. The second-order valence-corrected chi connectivity index (χ2v) is 5.66. The van der Waals surface area contributed by atoms with Crippen LogP contribution in [0.15, 0.2) is 34.2 Å². The van der Waals surface area contributed by atoms with Crippen molar-refractivity contribution in [2.75, 3.05) is 0 Å². The topological polar surface area (TPSA) is 42.0 Å². The average molecular weight is 365 g/mol. The molecule has 0 saturated carbocycles. The summed E-state index contributed by atoms with van der Waals surface area (Å²) in [6.07, 6.45) is -3.58. The normalized spacial score (nSPS) is 11.4. The number of amides is 1. The highest BCUT2D eigenvalue weighted by atomic mass is 79.9. The minimum atomic E-state index is -4.50. The maximum absolute atomic E-state index is 12.3. The molecule has 3 nitrogen and oxygen atoms in total. The Morgan fingerprint density at radius 2 is 2.10 bits per heavy atom. The SMILES string of the molecule is O=C(NCc1sccc1Br)c1ccc(C(F)(F)F)nc1. The number of nitrogens with one attached hydrogen (secondary N) is 1. The third-order valence-electron chi connectivity index (χ3n) is 2.42. The van der Waals surface area contributed by atoms with Gasteiger partial charge in [-0.15, -0.1) is 11.3 Å². The number of thiophene rings is 1. The molecule has 0 spiro atoms. The van der Waals surface area contributed by atoms with E-state index in [9.17, 15) is 18.0 Å². The summed E-state index contributed by atoms with van der Waals surface area (Å²) in [5.41, 5.74) is -0.930. The van der Waals surface area contributed by atoms with Crippen LogP contribution < -0.4 is 5.32 Å². The Morgan fingerprint density at radius 3 is 2.60 bits per heavy atom. The van der Waals surface area contributed by atoms with Crippen LogP contribution in [-0.4, -0.2) is 10.9 Å². The van der Waals surface area contributed by atoms with E-state index in [2.05, 4.69) is 26.2 Å². The zero-order valence-electron chi connectivity index (χ0n) is 9.87. The van der Waals surface area contributed by atoms with Gasteiger partial charge in [0.1, 0.15) is 5.69 Å². The largest absolute Gasteiger partial charge is 0.433 e. The molecule has 2 aromatic rings. The van der Waals surface area contributed by atoms with E-state index >= 15 is 0 Å². The van der Waals surface area contributed by atoms with Gasteiger partial charge in [0.2, 0.25) is 0 Å². The van der Waals surface area contributed by atoms with E-state index in [1.165, 1.54) is 11.3 Å². The third-order valence-corrected chi connectivity index (χ3v) is 4.34.